The molecule has 6 nitrogen and oxygen atoms in total. The van der Waals surface area contributed by atoms with Crippen LogP contribution in [0.1, 0.15) is 19.4 Å². The molecule has 2 amide bonds. The summed E-state index contributed by atoms with van der Waals surface area (Å²) in [5, 5.41) is 13.8. The summed E-state index contributed by atoms with van der Waals surface area (Å²) in [6.07, 6.45) is 0. The van der Waals surface area contributed by atoms with Crippen LogP contribution in [0.5, 0.6) is 5.75 Å². The van der Waals surface area contributed by atoms with E-state index in [4.69, 9.17) is 10.00 Å². The van der Waals surface area contributed by atoms with Gasteiger partial charge in [0.25, 0.3) is 5.91 Å². The van der Waals surface area contributed by atoms with Gasteiger partial charge in [-0.2, -0.15) is 5.26 Å². The number of ether oxygens (including phenoxy) is 1. The highest BCUT2D eigenvalue weighted by Gasteiger charge is 2.14. The maximum Gasteiger partial charge on any atom is 0.258 e. The Morgan fingerprint density at radius 3 is 2.55 bits per heavy atom. The summed E-state index contributed by atoms with van der Waals surface area (Å²) in [5.74, 6) is -0.128. The quantitative estimate of drug-likeness (QED) is 0.794. The van der Waals surface area contributed by atoms with E-state index in [1.165, 1.54) is 0 Å². The van der Waals surface area contributed by atoms with Gasteiger partial charge < -0.3 is 15.4 Å². The fourth-order valence-corrected chi connectivity index (χ4v) is 1.45. The first kappa shape index (κ1) is 15.5. The minimum Gasteiger partial charge on any atom is -0.484 e. The molecule has 0 aliphatic rings. The minimum atomic E-state index is -0.605. The number of nitrogens with zero attached hydrogens (tertiary/aromatic N) is 1. The van der Waals surface area contributed by atoms with Crippen LogP contribution in [0.15, 0.2) is 24.3 Å². The third-order valence-electron chi connectivity index (χ3n) is 2.48. The molecule has 1 rings (SSSR count). The summed E-state index contributed by atoms with van der Waals surface area (Å²) < 4.78 is 5.25. The molecule has 1 atom stereocenters. The van der Waals surface area contributed by atoms with Crippen molar-refractivity contribution in [2.24, 2.45) is 0 Å². The van der Waals surface area contributed by atoms with Crippen LogP contribution in [-0.4, -0.2) is 31.0 Å². The molecule has 0 spiro atoms. The molecule has 0 aliphatic heterocycles. The van der Waals surface area contributed by atoms with Gasteiger partial charge in [0.05, 0.1) is 11.6 Å². The predicted molar refractivity (Wildman–Crippen MR) is 72.9 cm³/mol. The first-order valence-electron chi connectivity index (χ1n) is 6.26. The van der Waals surface area contributed by atoms with E-state index in [0.29, 0.717) is 17.9 Å². The summed E-state index contributed by atoms with van der Waals surface area (Å²) in [7, 11) is 0. The van der Waals surface area contributed by atoms with Gasteiger partial charge in [-0.05, 0) is 38.1 Å². The molecule has 0 radical (unpaired) electrons. The van der Waals surface area contributed by atoms with E-state index in [2.05, 4.69) is 10.6 Å². The third kappa shape index (κ3) is 4.98. The number of carbonyl (C=O) groups excluding carboxylic acids is 2. The van der Waals surface area contributed by atoms with E-state index in [1.54, 1.807) is 38.1 Å². The first-order chi connectivity index (χ1) is 9.56. The molecule has 6 heteroatoms. The topological polar surface area (TPSA) is 91.2 Å². The molecule has 0 heterocycles. The SMILES string of the molecule is CCNC(=O)[C@H](C)NC(=O)COc1ccc(C#N)cc1. The number of nitriles is 1. The Labute approximate surface area is 117 Å². The van der Waals surface area contributed by atoms with E-state index in [9.17, 15) is 9.59 Å². The number of amides is 2. The zero-order valence-corrected chi connectivity index (χ0v) is 11.5. The second-order valence-electron chi connectivity index (χ2n) is 4.11. The van der Waals surface area contributed by atoms with Crippen molar-refractivity contribution in [3.05, 3.63) is 29.8 Å². The van der Waals surface area contributed by atoms with Crippen LogP contribution in [0.3, 0.4) is 0 Å². The number of carbonyl (C=O) groups is 2. The van der Waals surface area contributed by atoms with Gasteiger partial charge >= 0.3 is 0 Å². The van der Waals surface area contributed by atoms with Gasteiger partial charge in [0, 0.05) is 6.54 Å². The van der Waals surface area contributed by atoms with Crippen LogP contribution in [-0.2, 0) is 9.59 Å². The minimum absolute atomic E-state index is 0.185. The highest BCUT2D eigenvalue weighted by Crippen LogP contribution is 2.11. The van der Waals surface area contributed by atoms with E-state index in [0.717, 1.165) is 0 Å². The van der Waals surface area contributed by atoms with E-state index in [1.807, 2.05) is 6.07 Å². The lowest BCUT2D eigenvalue weighted by Crippen LogP contribution is -2.46. The molecule has 0 bridgehead atoms. The predicted octanol–water partition coefficient (Wildman–Crippen LogP) is 0.578. The van der Waals surface area contributed by atoms with Crippen LogP contribution in [0.25, 0.3) is 0 Å². The van der Waals surface area contributed by atoms with E-state index in [-0.39, 0.29) is 18.4 Å². The van der Waals surface area contributed by atoms with Gasteiger partial charge in [0.15, 0.2) is 6.61 Å². The summed E-state index contributed by atoms with van der Waals surface area (Å²) in [4.78, 5) is 23.0. The maximum absolute atomic E-state index is 11.6. The largest absolute Gasteiger partial charge is 0.484 e. The number of hydrogen-bond acceptors (Lipinski definition) is 4. The van der Waals surface area contributed by atoms with Crippen LogP contribution >= 0.6 is 0 Å². The summed E-state index contributed by atoms with van der Waals surface area (Å²) in [5.41, 5.74) is 0.520. The van der Waals surface area contributed by atoms with Gasteiger partial charge in [0.1, 0.15) is 11.8 Å². The molecular weight excluding hydrogens is 258 g/mol. The fraction of sp³-hybridized carbons (Fsp3) is 0.357. The van der Waals surface area contributed by atoms with Crippen LogP contribution in [0.2, 0.25) is 0 Å². The standard InChI is InChI=1S/C14H17N3O3/c1-3-16-14(19)10(2)17-13(18)9-20-12-6-4-11(8-15)5-7-12/h4-7,10H,3,9H2,1-2H3,(H,16,19)(H,17,18)/t10-/m0/s1. The third-order valence-corrected chi connectivity index (χ3v) is 2.48. The average Bonchev–Trinajstić information content (AvgIpc) is 2.45. The van der Waals surface area contributed by atoms with Gasteiger partial charge in [0.2, 0.25) is 5.91 Å². The Morgan fingerprint density at radius 1 is 1.35 bits per heavy atom. The van der Waals surface area contributed by atoms with Crippen molar-refractivity contribution in [3.63, 3.8) is 0 Å². The lowest BCUT2D eigenvalue weighted by molar-refractivity contribution is -0.129. The number of likely N-dealkylation sites (N-methyl/N-ethyl adjacent to an activating group) is 1. The van der Waals surface area contributed by atoms with Crippen LogP contribution in [0.4, 0.5) is 0 Å². The van der Waals surface area contributed by atoms with Crippen molar-refractivity contribution >= 4 is 11.8 Å². The zero-order valence-electron chi connectivity index (χ0n) is 11.5. The molecule has 20 heavy (non-hydrogen) atoms. The smallest absolute Gasteiger partial charge is 0.258 e. The Bertz CT molecular complexity index is 505. The molecular formula is C14H17N3O3. The highest BCUT2D eigenvalue weighted by molar-refractivity contribution is 5.87. The maximum atomic E-state index is 11.6. The van der Waals surface area contributed by atoms with Gasteiger partial charge in [-0.1, -0.05) is 0 Å². The highest BCUT2D eigenvalue weighted by atomic mass is 16.5. The van der Waals surface area contributed by atoms with E-state index < -0.39 is 6.04 Å². The number of benzene rings is 1. The van der Waals surface area contributed by atoms with Crippen molar-refractivity contribution in [1.82, 2.24) is 10.6 Å². The second-order valence-corrected chi connectivity index (χ2v) is 4.11. The fourth-order valence-electron chi connectivity index (χ4n) is 1.45. The molecule has 1 aromatic rings. The van der Waals surface area contributed by atoms with Crippen molar-refractivity contribution in [2.75, 3.05) is 13.2 Å². The van der Waals surface area contributed by atoms with Crippen molar-refractivity contribution in [2.45, 2.75) is 19.9 Å². The molecule has 2 N–H and O–H groups in total. The van der Waals surface area contributed by atoms with Gasteiger partial charge in [-0.15, -0.1) is 0 Å². The van der Waals surface area contributed by atoms with Crippen molar-refractivity contribution in [1.29, 1.82) is 5.26 Å². The Morgan fingerprint density at radius 2 is 2.00 bits per heavy atom. The number of rotatable bonds is 6. The molecule has 0 unspecified atom stereocenters. The van der Waals surface area contributed by atoms with Gasteiger partial charge in [-0.3, -0.25) is 9.59 Å². The first-order valence-corrected chi connectivity index (χ1v) is 6.26. The average molecular weight is 275 g/mol. The molecule has 1 aromatic carbocycles. The molecule has 0 aliphatic carbocycles. The molecule has 0 aromatic heterocycles. The normalized spacial score (nSPS) is 11.1. The number of hydrogen-bond donors (Lipinski definition) is 2. The summed E-state index contributed by atoms with van der Waals surface area (Å²) in [6.45, 7) is 3.74. The summed E-state index contributed by atoms with van der Waals surface area (Å²) >= 11 is 0. The Balaban J connectivity index is 2.39. The van der Waals surface area contributed by atoms with E-state index >= 15 is 0 Å². The Hall–Kier alpha value is -2.55. The summed E-state index contributed by atoms with van der Waals surface area (Å²) in [6, 6.07) is 7.81. The monoisotopic (exact) mass is 275 g/mol. The van der Waals surface area contributed by atoms with Crippen molar-refractivity contribution < 1.29 is 14.3 Å². The van der Waals surface area contributed by atoms with Gasteiger partial charge in [-0.25, -0.2) is 0 Å². The molecule has 0 fully saturated rings. The van der Waals surface area contributed by atoms with Crippen LogP contribution in [0, 0.1) is 11.3 Å². The number of nitrogens with one attached hydrogen (secondary N) is 2. The lowest BCUT2D eigenvalue weighted by atomic mass is 10.2. The van der Waals surface area contributed by atoms with Crippen molar-refractivity contribution in [3.8, 4) is 11.8 Å². The molecule has 0 saturated heterocycles. The second kappa shape index (κ2) is 7.79. The molecule has 0 saturated carbocycles. The molecule has 106 valence electrons. The zero-order chi connectivity index (χ0) is 15.0. The lowest BCUT2D eigenvalue weighted by Gasteiger charge is -2.13. The Kier molecular flexibility index (Phi) is 6.04. The van der Waals surface area contributed by atoms with Crippen LogP contribution < -0.4 is 15.4 Å².